The molecule has 122 valence electrons. The third-order valence-corrected chi connectivity index (χ3v) is 4.45. The Morgan fingerprint density at radius 3 is 2.80 bits per heavy atom. The highest BCUT2D eigenvalue weighted by molar-refractivity contribution is 6.31. The number of pyridine rings is 1. The van der Waals surface area contributed by atoms with Gasteiger partial charge in [0, 0.05) is 28.5 Å². The first-order chi connectivity index (χ1) is 12.1. The second kappa shape index (κ2) is 5.76. The lowest BCUT2D eigenvalue weighted by atomic mass is 10.1. The van der Waals surface area contributed by atoms with Gasteiger partial charge in [-0.25, -0.2) is 0 Å². The summed E-state index contributed by atoms with van der Waals surface area (Å²) in [6.07, 6.45) is 1.88. The maximum absolute atomic E-state index is 13.1. The second-order valence-electron chi connectivity index (χ2n) is 5.71. The molecule has 25 heavy (non-hydrogen) atoms. The standard InChI is InChI=1S/C19H13ClN4O/c1-2-23-11-16-15-7-6-13(20)9-17(15)24(19(25)18(16)22-23)14-5-3-4-12(8-14)10-21/h3-9,11H,2H2,1H3. The second-order valence-corrected chi connectivity index (χ2v) is 6.15. The van der Waals surface area contributed by atoms with Crippen LogP contribution < -0.4 is 5.56 Å². The third-order valence-electron chi connectivity index (χ3n) is 4.22. The van der Waals surface area contributed by atoms with E-state index >= 15 is 0 Å². The molecular weight excluding hydrogens is 336 g/mol. The Labute approximate surface area is 148 Å². The summed E-state index contributed by atoms with van der Waals surface area (Å²) in [7, 11) is 0. The topological polar surface area (TPSA) is 63.6 Å². The predicted molar refractivity (Wildman–Crippen MR) is 98.2 cm³/mol. The first-order valence-corrected chi connectivity index (χ1v) is 8.22. The number of nitriles is 1. The molecule has 2 aromatic heterocycles. The van der Waals surface area contributed by atoms with Crippen LogP contribution in [0.25, 0.3) is 27.5 Å². The zero-order valence-corrected chi connectivity index (χ0v) is 14.2. The van der Waals surface area contributed by atoms with Gasteiger partial charge in [-0.3, -0.25) is 14.0 Å². The zero-order chi connectivity index (χ0) is 17.6. The quantitative estimate of drug-likeness (QED) is 0.552. The Balaban J connectivity index is 2.21. The SMILES string of the molecule is CCn1cc2c(n1)c(=O)n(-c1cccc(C#N)c1)c1cc(Cl)ccc21. The fourth-order valence-electron chi connectivity index (χ4n) is 3.04. The lowest BCUT2D eigenvalue weighted by molar-refractivity contribution is 0.667. The summed E-state index contributed by atoms with van der Waals surface area (Å²) in [5, 5.41) is 15.8. The molecule has 4 rings (SSSR count). The van der Waals surface area contributed by atoms with Crippen molar-refractivity contribution in [3.05, 3.63) is 69.6 Å². The minimum absolute atomic E-state index is 0.230. The van der Waals surface area contributed by atoms with E-state index < -0.39 is 0 Å². The van der Waals surface area contributed by atoms with Gasteiger partial charge in [-0.15, -0.1) is 0 Å². The van der Waals surface area contributed by atoms with Crippen LogP contribution >= 0.6 is 11.6 Å². The van der Waals surface area contributed by atoms with E-state index in [1.807, 2.05) is 19.2 Å². The maximum atomic E-state index is 13.1. The summed E-state index contributed by atoms with van der Waals surface area (Å²) in [6, 6.07) is 14.5. The van der Waals surface area contributed by atoms with Crippen LogP contribution in [0.3, 0.4) is 0 Å². The first-order valence-electron chi connectivity index (χ1n) is 7.84. The monoisotopic (exact) mass is 348 g/mol. The Morgan fingerprint density at radius 2 is 2.04 bits per heavy atom. The Hall–Kier alpha value is -3.10. The van der Waals surface area contributed by atoms with Crippen LogP contribution in [-0.4, -0.2) is 14.3 Å². The van der Waals surface area contributed by atoms with Crippen LogP contribution in [0, 0.1) is 11.3 Å². The molecule has 0 radical (unpaired) electrons. The van der Waals surface area contributed by atoms with Crippen LogP contribution in [0.15, 0.2) is 53.5 Å². The lowest BCUT2D eigenvalue weighted by Crippen LogP contribution is -2.19. The molecule has 2 aromatic carbocycles. The molecule has 0 amide bonds. The van der Waals surface area contributed by atoms with Crippen LogP contribution in [0.2, 0.25) is 5.02 Å². The molecule has 0 unspecified atom stereocenters. The van der Waals surface area contributed by atoms with Gasteiger partial charge in [-0.1, -0.05) is 23.7 Å². The van der Waals surface area contributed by atoms with E-state index in [2.05, 4.69) is 11.2 Å². The summed E-state index contributed by atoms with van der Waals surface area (Å²) in [5.74, 6) is 0. The Kier molecular flexibility index (Phi) is 3.56. The van der Waals surface area contributed by atoms with Gasteiger partial charge < -0.3 is 0 Å². The largest absolute Gasteiger partial charge is 0.283 e. The van der Waals surface area contributed by atoms with Crippen LogP contribution in [0.1, 0.15) is 12.5 Å². The molecule has 0 aliphatic carbocycles. The van der Waals surface area contributed by atoms with Crippen molar-refractivity contribution in [2.45, 2.75) is 13.5 Å². The summed E-state index contributed by atoms with van der Waals surface area (Å²) in [5.41, 5.74) is 1.96. The van der Waals surface area contributed by atoms with Gasteiger partial charge in [0.2, 0.25) is 0 Å². The number of fused-ring (bicyclic) bond motifs is 3. The third kappa shape index (κ3) is 2.39. The molecule has 0 aliphatic rings. The number of hydrogen-bond acceptors (Lipinski definition) is 3. The van der Waals surface area contributed by atoms with Gasteiger partial charge >= 0.3 is 0 Å². The molecule has 0 saturated carbocycles. The molecule has 0 fully saturated rings. The van der Waals surface area contributed by atoms with E-state index in [1.165, 1.54) is 0 Å². The Bertz CT molecular complexity index is 1230. The highest BCUT2D eigenvalue weighted by Gasteiger charge is 2.16. The minimum atomic E-state index is -0.230. The van der Waals surface area contributed by atoms with E-state index in [1.54, 1.807) is 45.6 Å². The van der Waals surface area contributed by atoms with Crippen molar-refractivity contribution in [3.8, 4) is 11.8 Å². The summed E-state index contributed by atoms with van der Waals surface area (Å²) >= 11 is 6.18. The van der Waals surface area contributed by atoms with Crippen molar-refractivity contribution in [2.75, 3.05) is 0 Å². The van der Waals surface area contributed by atoms with E-state index in [0.717, 1.165) is 10.8 Å². The van der Waals surface area contributed by atoms with Crippen LogP contribution in [0.5, 0.6) is 0 Å². The van der Waals surface area contributed by atoms with Crippen molar-refractivity contribution in [1.29, 1.82) is 5.26 Å². The molecule has 0 N–H and O–H groups in total. The maximum Gasteiger partial charge on any atom is 0.283 e. The van der Waals surface area contributed by atoms with Crippen LogP contribution in [0.4, 0.5) is 0 Å². The molecule has 0 atom stereocenters. The summed E-state index contributed by atoms with van der Waals surface area (Å²) < 4.78 is 3.31. The molecule has 0 bridgehead atoms. The highest BCUT2D eigenvalue weighted by atomic mass is 35.5. The van der Waals surface area contributed by atoms with Gasteiger partial charge in [0.15, 0.2) is 5.52 Å². The zero-order valence-electron chi connectivity index (χ0n) is 13.4. The normalized spacial score (nSPS) is 11.1. The number of rotatable bonds is 2. The molecule has 6 heteroatoms. The molecule has 0 saturated heterocycles. The highest BCUT2D eigenvalue weighted by Crippen LogP contribution is 2.27. The fourth-order valence-corrected chi connectivity index (χ4v) is 3.21. The van der Waals surface area contributed by atoms with Crippen LogP contribution in [-0.2, 0) is 6.54 Å². The Morgan fingerprint density at radius 1 is 1.20 bits per heavy atom. The van der Waals surface area contributed by atoms with Crippen molar-refractivity contribution >= 4 is 33.4 Å². The number of benzene rings is 2. The average molecular weight is 349 g/mol. The van der Waals surface area contributed by atoms with E-state index in [0.29, 0.717) is 33.9 Å². The van der Waals surface area contributed by atoms with Crippen molar-refractivity contribution in [2.24, 2.45) is 0 Å². The van der Waals surface area contributed by atoms with E-state index in [9.17, 15) is 4.79 Å². The van der Waals surface area contributed by atoms with Gasteiger partial charge in [0.25, 0.3) is 5.56 Å². The van der Waals surface area contributed by atoms with Crippen molar-refractivity contribution in [3.63, 3.8) is 0 Å². The van der Waals surface area contributed by atoms with Crippen molar-refractivity contribution < 1.29 is 0 Å². The molecule has 5 nitrogen and oxygen atoms in total. The summed E-state index contributed by atoms with van der Waals surface area (Å²) in [6.45, 7) is 2.65. The average Bonchev–Trinajstić information content (AvgIpc) is 3.07. The molecule has 0 spiro atoms. The fraction of sp³-hybridized carbons (Fsp3) is 0.105. The molecular formula is C19H13ClN4O. The van der Waals surface area contributed by atoms with Crippen molar-refractivity contribution in [1.82, 2.24) is 14.3 Å². The van der Waals surface area contributed by atoms with Gasteiger partial charge in [-0.05, 0) is 37.3 Å². The number of halogens is 1. The van der Waals surface area contributed by atoms with Gasteiger partial charge in [0.1, 0.15) is 0 Å². The number of hydrogen-bond donors (Lipinski definition) is 0. The summed E-state index contributed by atoms with van der Waals surface area (Å²) in [4.78, 5) is 13.1. The van der Waals surface area contributed by atoms with Gasteiger partial charge in [0.05, 0.1) is 22.8 Å². The smallest absolute Gasteiger partial charge is 0.275 e. The van der Waals surface area contributed by atoms with E-state index in [-0.39, 0.29) is 5.56 Å². The van der Waals surface area contributed by atoms with Gasteiger partial charge in [-0.2, -0.15) is 10.4 Å². The number of aryl methyl sites for hydroxylation is 1. The first kappa shape index (κ1) is 15.4. The predicted octanol–water partition coefficient (Wildman–Crippen LogP) is 3.89. The number of nitrogens with zero attached hydrogens (tertiary/aromatic N) is 4. The lowest BCUT2D eigenvalue weighted by Gasteiger charge is -2.11. The minimum Gasteiger partial charge on any atom is -0.275 e. The molecule has 2 heterocycles. The molecule has 4 aromatic rings. The number of aromatic nitrogens is 3. The van der Waals surface area contributed by atoms with E-state index in [4.69, 9.17) is 16.9 Å². The molecule has 0 aliphatic heterocycles.